The molecule has 26 heavy (non-hydrogen) atoms. The molecule has 0 radical (unpaired) electrons. The third-order valence-electron chi connectivity index (χ3n) is 2.36. The van der Waals surface area contributed by atoms with Gasteiger partial charge in [0.1, 0.15) is 0 Å². The first-order chi connectivity index (χ1) is 11.4. The van der Waals surface area contributed by atoms with Crippen molar-refractivity contribution in [1.29, 1.82) is 0 Å². The zero-order valence-electron chi connectivity index (χ0n) is 14.2. The minimum absolute atomic E-state index is 0.422. The van der Waals surface area contributed by atoms with Crippen molar-refractivity contribution < 1.29 is 58.7 Å². The Labute approximate surface area is 144 Å². The van der Waals surface area contributed by atoms with Crippen molar-refractivity contribution in [2.45, 2.75) is 58.3 Å². The summed E-state index contributed by atoms with van der Waals surface area (Å²) < 4.78 is 99.5. The van der Waals surface area contributed by atoms with E-state index >= 15 is 0 Å². The van der Waals surface area contributed by atoms with Crippen LogP contribution >= 0.6 is 0 Å². The molecule has 0 aliphatic rings. The maximum atomic E-state index is 14.5. The molecule has 0 saturated heterocycles. The van der Waals surface area contributed by atoms with Gasteiger partial charge in [-0.3, -0.25) is 14.4 Å². The van der Waals surface area contributed by atoms with Crippen molar-refractivity contribution in [3.8, 4) is 0 Å². The lowest BCUT2D eigenvalue weighted by Gasteiger charge is -2.38. The highest BCUT2D eigenvalue weighted by molar-refractivity contribution is 6.68. The maximum Gasteiger partial charge on any atom is 0.786 e. The lowest BCUT2D eigenvalue weighted by atomic mass is 10.3. The summed E-state index contributed by atoms with van der Waals surface area (Å²) in [6, 6.07) is 0. The van der Waals surface area contributed by atoms with Gasteiger partial charge in [0.25, 0.3) is 17.9 Å². The normalized spacial score (nSPS) is 13.4. The number of carbonyl (C=O) groups excluding carboxylic acids is 3. The molecule has 0 aliphatic carbocycles. The molecule has 0 aromatic carbocycles. The summed E-state index contributed by atoms with van der Waals surface area (Å²) in [7, 11) is -6.70. The van der Waals surface area contributed by atoms with Gasteiger partial charge >= 0.3 is 26.4 Å². The van der Waals surface area contributed by atoms with Crippen molar-refractivity contribution in [1.82, 2.24) is 0 Å². The number of ether oxygens (including phenoxy) is 1. The fourth-order valence-corrected chi connectivity index (χ4v) is 3.74. The molecule has 0 amide bonds. The van der Waals surface area contributed by atoms with Crippen LogP contribution in [0.1, 0.15) is 34.6 Å². The first-order valence-electron chi connectivity index (χ1n) is 6.82. The Bertz CT molecular complexity index is 525. The molecule has 0 saturated carbocycles. The predicted molar refractivity (Wildman–Crippen MR) is 72.1 cm³/mol. The van der Waals surface area contributed by atoms with Crippen LogP contribution in [0.4, 0.5) is 26.3 Å². The second-order valence-electron chi connectivity index (χ2n) is 5.17. The summed E-state index contributed by atoms with van der Waals surface area (Å²) in [5.41, 5.74) is -6.12. The van der Waals surface area contributed by atoms with E-state index in [0.717, 1.165) is 13.8 Å². The molecule has 14 heteroatoms. The van der Waals surface area contributed by atoms with Gasteiger partial charge in [-0.2, -0.15) is 26.3 Å². The van der Waals surface area contributed by atoms with E-state index in [2.05, 4.69) is 18.0 Å². The van der Waals surface area contributed by atoms with Gasteiger partial charge < -0.3 is 18.0 Å². The number of halogens is 6. The monoisotopic (exact) mass is 414 g/mol. The standard InChI is InChI=1S/C12H16F6O7Si/c1-6(2)22-11(15,16)10(13,14)12(17,18)26(23-7(3)19,24-8(4)20)25-9(5)21/h6H,1-5H3. The van der Waals surface area contributed by atoms with E-state index in [1.54, 1.807) is 0 Å². The predicted octanol–water partition coefficient (Wildman–Crippen LogP) is 2.44. The van der Waals surface area contributed by atoms with Crippen LogP contribution in [0.2, 0.25) is 0 Å². The highest BCUT2D eigenvalue weighted by Crippen LogP contribution is 2.51. The van der Waals surface area contributed by atoms with Crippen LogP contribution < -0.4 is 0 Å². The average Bonchev–Trinajstić information content (AvgIpc) is 2.33. The number of carbonyl (C=O) groups is 3. The fourth-order valence-electron chi connectivity index (χ4n) is 1.57. The second-order valence-corrected chi connectivity index (χ2v) is 7.52. The highest BCUT2D eigenvalue weighted by Gasteiger charge is 2.90. The lowest BCUT2D eigenvalue weighted by Crippen LogP contribution is -2.73. The molecule has 0 aromatic heterocycles. The molecule has 0 spiro atoms. The molecule has 0 rings (SSSR count). The minimum Gasteiger partial charge on any atom is -0.452 e. The highest BCUT2D eigenvalue weighted by atomic mass is 28.4. The third-order valence-corrected chi connectivity index (χ3v) is 5.11. The summed E-state index contributed by atoms with van der Waals surface area (Å²) in [6.45, 7) is 2.98. The zero-order chi connectivity index (χ0) is 21.1. The summed E-state index contributed by atoms with van der Waals surface area (Å²) in [5, 5.41) is 0. The first kappa shape index (κ1) is 24.2. The number of hydrogen-bond donors (Lipinski definition) is 0. The first-order valence-corrected chi connectivity index (χ1v) is 8.54. The molecule has 7 nitrogen and oxygen atoms in total. The topological polar surface area (TPSA) is 88.1 Å². The van der Waals surface area contributed by atoms with E-state index in [-0.39, 0.29) is 0 Å². The summed E-state index contributed by atoms with van der Waals surface area (Å²) in [4.78, 5) is 33.2. The molecule has 0 N–H and O–H groups in total. The van der Waals surface area contributed by atoms with Crippen LogP contribution in [-0.4, -0.2) is 50.4 Å². The second kappa shape index (κ2) is 7.81. The molecule has 0 heterocycles. The van der Waals surface area contributed by atoms with Crippen LogP contribution in [0.3, 0.4) is 0 Å². The van der Waals surface area contributed by atoms with E-state index in [9.17, 15) is 40.7 Å². The average molecular weight is 414 g/mol. The van der Waals surface area contributed by atoms with E-state index < -0.39 is 50.4 Å². The maximum absolute atomic E-state index is 14.5. The van der Waals surface area contributed by atoms with Gasteiger partial charge in [-0.25, -0.2) is 0 Å². The molecule has 0 unspecified atom stereocenters. The Kier molecular flexibility index (Phi) is 7.26. The van der Waals surface area contributed by atoms with Gasteiger partial charge in [0, 0.05) is 20.8 Å². The number of hydrogen-bond acceptors (Lipinski definition) is 7. The van der Waals surface area contributed by atoms with Crippen molar-refractivity contribution in [3.63, 3.8) is 0 Å². The Morgan fingerprint density at radius 1 is 0.769 bits per heavy atom. The van der Waals surface area contributed by atoms with Gasteiger partial charge in [-0.15, -0.1) is 0 Å². The Morgan fingerprint density at radius 2 is 1.08 bits per heavy atom. The van der Waals surface area contributed by atoms with Crippen molar-refractivity contribution in [3.05, 3.63) is 0 Å². The summed E-state index contributed by atoms with van der Waals surface area (Å²) in [5.74, 6) is -11.6. The summed E-state index contributed by atoms with van der Waals surface area (Å²) >= 11 is 0. The smallest absolute Gasteiger partial charge is 0.452 e. The molecule has 0 atom stereocenters. The van der Waals surface area contributed by atoms with E-state index in [0.29, 0.717) is 20.8 Å². The quantitative estimate of drug-likeness (QED) is 0.445. The van der Waals surface area contributed by atoms with Gasteiger partial charge in [-0.1, -0.05) is 0 Å². The molecule has 0 bridgehead atoms. The fraction of sp³-hybridized carbons (Fsp3) is 0.750. The SMILES string of the molecule is CC(=O)O[Si](OC(C)=O)(OC(C)=O)C(F)(F)C(F)(F)C(F)(F)OC(C)C. The van der Waals surface area contributed by atoms with Crippen LogP contribution in [0.15, 0.2) is 0 Å². The van der Waals surface area contributed by atoms with E-state index in [1.807, 2.05) is 0 Å². The molecular weight excluding hydrogens is 398 g/mol. The molecule has 0 aromatic rings. The van der Waals surface area contributed by atoms with Crippen molar-refractivity contribution in [2.75, 3.05) is 0 Å². The lowest BCUT2D eigenvalue weighted by molar-refractivity contribution is -0.397. The van der Waals surface area contributed by atoms with Gasteiger partial charge in [0.15, 0.2) is 0 Å². The Morgan fingerprint density at radius 3 is 1.31 bits per heavy atom. The summed E-state index contributed by atoms with van der Waals surface area (Å²) in [6.07, 6.45) is -7.43. The largest absolute Gasteiger partial charge is 0.786 e. The van der Waals surface area contributed by atoms with E-state index in [1.165, 1.54) is 0 Å². The van der Waals surface area contributed by atoms with Crippen LogP contribution in [0.25, 0.3) is 0 Å². The van der Waals surface area contributed by atoms with E-state index in [4.69, 9.17) is 0 Å². The van der Waals surface area contributed by atoms with Crippen molar-refractivity contribution in [2.24, 2.45) is 0 Å². The third kappa shape index (κ3) is 4.87. The van der Waals surface area contributed by atoms with Gasteiger partial charge in [-0.05, 0) is 13.8 Å². The minimum atomic E-state index is -6.70. The Balaban J connectivity index is 6.51. The molecule has 0 fully saturated rings. The number of rotatable bonds is 8. The van der Waals surface area contributed by atoms with Crippen LogP contribution in [0, 0.1) is 0 Å². The van der Waals surface area contributed by atoms with Crippen LogP contribution in [0.5, 0.6) is 0 Å². The van der Waals surface area contributed by atoms with Crippen molar-refractivity contribution >= 4 is 26.7 Å². The zero-order valence-corrected chi connectivity index (χ0v) is 15.2. The molecular formula is C12H16F6O7Si. The van der Waals surface area contributed by atoms with Gasteiger partial charge in [0.05, 0.1) is 6.10 Å². The Hall–Kier alpha value is -1.83. The van der Waals surface area contributed by atoms with Crippen LogP contribution in [-0.2, 0) is 32.4 Å². The molecule has 0 aliphatic heterocycles. The molecule has 152 valence electrons. The van der Waals surface area contributed by atoms with Gasteiger partial charge in [0.2, 0.25) is 0 Å². The number of alkyl halides is 6.